The van der Waals surface area contributed by atoms with Gasteiger partial charge in [-0.2, -0.15) is 5.26 Å². The minimum absolute atomic E-state index is 0.117. The number of anilines is 2. The van der Waals surface area contributed by atoms with Crippen molar-refractivity contribution in [1.82, 2.24) is 0 Å². The molecule has 0 saturated carbocycles. The van der Waals surface area contributed by atoms with Gasteiger partial charge in [0.1, 0.15) is 11.1 Å². The molecule has 0 aliphatic heterocycles. The fourth-order valence-electron chi connectivity index (χ4n) is 3.28. The van der Waals surface area contributed by atoms with Crippen molar-refractivity contribution in [3.63, 3.8) is 0 Å². The van der Waals surface area contributed by atoms with Crippen molar-refractivity contribution in [2.75, 3.05) is 17.2 Å². The zero-order chi connectivity index (χ0) is 17.8. The van der Waals surface area contributed by atoms with Crippen molar-refractivity contribution in [2.24, 2.45) is 0 Å². The summed E-state index contributed by atoms with van der Waals surface area (Å²) in [6.07, 6.45) is 4.26. The first-order chi connectivity index (χ1) is 12.1. The molecule has 1 aromatic carbocycles. The minimum atomic E-state index is -0.117. The first kappa shape index (κ1) is 17.5. The van der Waals surface area contributed by atoms with E-state index in [4.69, 9.17) is 0 Å². The molecule has 130 valence electrons. The third-order valence-corrected chi connectivity index (χ3v) is 5.77. The van der Waals surface area contributed by atoms with Gasteiger partial charge < -0.3 is 10.6 Å². The Hall–Kier alpha value is -2.32. The molecule has 0 atom stereocenters. The lowest BCUT2D eigenvalue weighted by atomic mass is 9.96. The number of hydrogen-bond donors (Lipinski definition) is 2. The molecular weight excluding hydrogens is 330 g/mol. The normalized spacial score (nSPS) is 13.2. The van der Waals surface area contributed by atoms with Crippen LogP contribution in [0.5, 0.6) is 0 Å². The monoisotopic (exact) mass is 353 g/mol. The fraction of sp³-hybridized carbons (Fsp3) is 0.400. The molecule has 0 unspecified atom stereocenters. The number of hydrogen-bond acceptors (Lipinski definition) is 4. The van der Waals surface area contributed by atoms with Crippen LogP contribution in [-0.4, -0.2) is 12.5 Å². The Morgan fingerprint density at radius 1 is 1.28 bits per heavy atom. The molecule has 0 spiro atoms. The van der Waals surface area contributed by atoms with E-state index in [2.05, 4.69) is 36.6 Å². The van der Waals surface area contributed by atoms with Crippen LogP contribution in [0.4, 0.5) is 10.7 Å². The lowest BCUT2D eigenvalue weighted by molar-refractivity contribution is -0.114. The van der Waals surface area contributed by atoms with Crippen molar-refractivity contribution < 1.29 is 4.79 Å². The molecule has 1 amide bonds. The van der Waals surface area contributed by atoms with Gasteiger partial charge in [-0.05, 0) is 48.8 Å². The van der Waals surface area contributed by atoms with Crippen LogP contribution in [0.1, 0.15) is 54.2 Å². The second-order valence-electron chi connectivity index (χ2n) is 6.67. The second kappa shape index (κ2) is 7.71. The molecule has 2 N–H and O–H groups in total. The summed E-state index contributed by atoms with van der Waals surface area (Å²) in [5, 5.41) is 16.3. The molecule has 4 nitrogen and oxygen atoms in total. The highest BCUT2D eigenvalue weighted by Gasteiger charge is 2.21. The zero-order valence-corrected chi connectivity index (χ0v) is 15.5. The lowest BCUT2D eigenvalue weighted by Crippen LogP contribution is -2.22. The second-order valence-corrected chi connectivity index (χ2v) is 7.78. The van der Waals surface area contributed by atoms with Crippen LogP contribution in [0, 0.1) is 11.3 Å². The number of nitrogens with one attached hydrogen (secondary N) is 2. The SMILES string of the molecule is CC(C)c1ccccc1NCC(=O)Nc1sc2c(c1C#N)CCCC2. The average molecular weight is 353 g/mol. The first-order valence-electron chi connectivity index (χ1n) is 8.77. The highest BCUT2D eigenvalue weighted by Crippen LogP contribution is 2.37. The third kappa shape index (κ3) is 3.85. The van der Waals surface area contributed by atoms with E-state index >= 15 is 0 Å². The number of amides is 1. The fourth-order valence-corrected chi connectivity index (χ4v) is 4.54. The number of benzene rings is 1. The van der Waals surface area contributed by atoms with Gasteiger partial charge in [-0.25, -0.2) is 0 Å². The van der Waals surface area contributed by atoms with Gasteiger partial charge in [0.15, 0.2) is 0 Å². The number of rotatable bonds is 5. The smallest absolute Gasteiger partial charge is 0.244 e. The number of aryl methyl sites for hydroxylation is 1. The van der Waals surface area contributed by atoms with Gasteiger partial charge in [-0.15, -0.1) is 11.3 Å². The largest absolute Gasteiger partial charge is 0.376 e. The number of carbonyl (C=O) groups is 1. The summed E-state index contributed by atoms with van der Waals surface area (Å²) >= 11 is 1.56. The predicted molar refractivity (Wildman–Crippen MR) is 103 cm³/mol. The van der Waals surface area contributed by atoms with Gasteiger partial charge in [-0.3, -0.25) is 4.79 Å². The number of nitrogens with zero attached hydrogens (tertiary/aromatic N) is 1. The topological polar surface area (TPSA) is 64.9 Å². The van der Waals surface area contributed by atoms with Gasteiger partial charge in [0, 0.05) is 10.6 Å². The molecule has 1 aliphatic rings. The molecule has 0 saturated heterocycles. The molecule has 1 heterocycles. The highest BCUT2D eigenvalue weighted by atomic mass is 32.1. The van der Waals surface area contributed by atoms with E-state index in [1.165, 1.54) is 16.9 Å². The molecule has 25 heavy (non-hydrogen) atoms. The van der Waals surface area contributed by atoms with Crippen LogP contribution in [0.3, 0.4) is 0 Å². The van der Waals surface area contributed by atoms with E-state index in [0.717, 1.165) is 30.5 Å². The lowest BCUT2D eigenvalue weighted by Gasteiger charge is -2.14. The van der Waals surface area contributed by atoms with Gasteiger partial charge in [0.25, 0.3) is 0 Å². The summed E-state index contributed by atoms with van der Waals surface area (Å²) in [4.78, 5) is 13.6. The first-order valence-corrected chi connectivity index (χ1v) is 9.59. The van der Waals surface area contributed by atoms with Gasteiger partial charge in [0.2, 0.25) is 5.91 Å². The standard InChI is InChI=1S/C20H23N3OS/c1-13(2)14-7-3-5-9-17(14)22-12-19(24)23-20-16(11-21)15-8-4-6-10-18(15)25-20/h3,5,7,9,13,22H,4,6,8,10,12H2,1-2H3,(H,23,24). The summed E-state index contributed by atoms with van der Waals surface area (Å²) in [5.41, 5.74) is 3.99. The maximum atomic E-state index is 12.4. The molecule has 5 heteroatoms. The molecule has 1 aromatic heterocycles. The molecule has 0 fully saturated rings. The van der Waals surface area contributed by atoms with Crippen LogP contribution in [0.15, 0.2) is 24.3 Å². The maximum Gasteiger partial charge on any atom is 0.244 e. The molecule has 2 aromatic rings. The molecule has 1 aliphatic carbocycles. The summed E-state index contributed by atoms with van der Waals surface area (Å²) < 4.78 is 0. The quantitative estimate of drug-likeness (QED) is 0.821. The van der Waals surface area contributed by atoms with Crippen LogP contribution in [0.2, 0.25) is 0 Å². The summed E-state index contributed by atoms with van der Waals surface area (Å²) in [5.74, 6) is 0.273. The van der Waals surface area contributed by atoms with Crippen molar-refractivity contribution in [1.29, 1.82) is 5.26 Å². The van der Waals surface area contributed by atoms with Crippen molar-refractivity contribution in [3.8, 4) is 6.07 Å². The van der Waals surface area contributed by atoms with E-state index in [9.17, 15) is 10.1 Å². The van der Waals surface area contributed by atoms with E-state index in [-0.39, 0.29) is 12.5 Å². The molecular formula is C20H23N3OS. The Bertz CT molecular complexity index is 817. The van der Waals surface area contributed by atoms with Crippen LogP contribution >= 0.6 is 11.3 Å². The number of nitriles is 1. The summed E-state index contributed by atoms with van der Waals surface area (Å²) in [6, 6.07) is 10.3. The Morgan fingerprint density at radius 2 is 2.04 bits per heavy atom. The van der Waals surface area contributed by atoms with E-state index in [0.29, 0.717) is 16.5 Å². The van der Waals surface area contributed by atoms with Crippen molar-refractivity contribution >= 4 is 27.9 Å². The van der Waals surface area contributed by atoms with Crippen LogP contribution in [-0.2, 0) is 17.6 Å². The number of thiophene rings is 1. The van der Waals surface area contributed by atoms with Crippen LogP contribution in [0.25, 0.3) is 0 Å². The Balaban J connectivity index is 1.68. The number of fused-ring (bicyclic) bond motifs is 1. The Morgan fingerprint density at radius 3 is 2.80 bits per heavy atom. The van der Waals surface area contributed by atoms with Gasteiger partial charge in [0.05, 0.1) is 12.1 Å². The summed E-state index contributed by atoms with van der Waals surface area (Å²) in [6.45, 7) is 4.46. The van der Waals surface area contributed by atoms with Crippen LogP contribution < -0.4 is 10.6 Å². The van der Waals surface area contributed by atoms with E-state index in [1.807, 2.05) is 18.2 Å². The van der Waals surface area contributed by atoms with E-state index < -0.39 is 0 Å². The Labute approximate surface area is 152 Å². The molecule has 0 radical (unpaired) electrons. The van der Waals surface area contributed by atoms with E-state index in [1.54, 1.807) is 11.3 Å². The van der Waals surface area contributed by atoms with Gasteiger partial charge in [-0.1, -0.05) is 32.0 Å². The Kier molecular flexibility index (Phi) is 5.40. The predicted octanol–water partition coefficient (Wildman–Crippen LogP) is 4.67. The molecule has 3 rings (SSSR count). The minimum Gasteiger partial charge on any atom is -0.376 e. The number of carbonyl (C=O) groups excluding carboxylic acids is 1. The van der Waals surface area contributed by atoms with Crippen molar-refractivity contribution in [3.05, 3.63) is 45.8 Å². The van der Waals surface area contributed by atoms with Crippen molar-refractivity contribution in [2.45, 2.75) is 45.4 Å². The summed E-state index contributed by atoms with van der Waals surface area (Å²) in [7, 11) is 0. The number of para-hydroxylation sites is 1. The zero-order valence-electron chi connectivity index (χ0n) is 14.7. The highest BCUT2D eigenvalue weighted by molar-refractivity contribution is 7.16. The third-order valence-electron chi connectivity index (χ3n) is 4.56. The molecule has 0 bridgehead atoms. The maximum absolute atomic E-state index is 12.4. The average Bonchev–Trinajstić information content (AvgIpc) is 2.97. The van der Waals surface area contributed by atoms with Gasteiger partial charge >= 0.3 is 0 Å².